The summed E-state index contributed by atoms with van der Waals surface area (Å²) in [6.45, 7) is 3.76. The van der Waals surface area contributed by atoms with Crippen molar-refractivity contribution in [2.45, 2.75) is 32.7 Å². The smallest absolute Gasteiger partial charge is 0.310 e. The van der Waals surface area contributed by atoms with Crippen molar-refractivity contribution in [2.24, 2.45) is 5.92 Å². The largest absolute Gasteiger partial charge is 0.466 e. The monoisotopic (exact) mass is 311 g/mol. The number of benzene rings is 1. The minimum atomic E-state index is -0.763. The summed E-state index contributed by atoms with van der Waals surface area (Å²) >= 11 is 0. The summed E-state index contributed by atoms with van der Waals surface area (Å²) in [4.78, 5) is 25.6. The second-order valence-electron chi connectivity index (χ2n) is 5.47. The lowest BCUT2D eigenvalue weighted by Gasteiger charge is -2.25. The van der Waals surface area contributed by atoms with Gasteiger partial charge in [-0.1, -0.05) is 6.92 Å². The van der Waals surface area contributed by atoms with Gasteiger partial charge < -0.3 is 9.64 Å². The first-order valence-electron chi connectivity index (χ1n) is 7.36. The van der Waals surface area contributed by atoms with Crippen LogP contribution in [0.4, 0.5) is 8.78 Å². The van der Waals surface area contributed by atoms with E-state index in [0.717, 1.165) is 31.0 Å². The number of carbonyl (C=O) groups excluding carboxylic acids is 2. The predicted molar refractivity (Wildman–Crippen MR) is 76.2 cm³/mol. The summed E-state index contributed by atoms with van der Waals surface area (Å²) < 4.78 is 32.0. The van der Waals surface area contributed by atoms with Gasteiger partial charge in [0, 0.05) is 12.6 Å². The van der Waals surface area contributed by atoms with Crippen LogP contribution in [0, 0.1) is 17.6 Å². The molecule has 1 saturated carbocycles. The van der Waals surface area contributed by atoms with Gasteiger partial charge >= 0.3 is 5.97 Å². The molecule has 1 aliphatic carbocycles. The van der Waals surface area contributed by atoms with Crippen LogP contribution >= 0.6 is 0 Å². The highest BCUT2D eigenvalue weighted by Gasteiger charge is 2.36. The Balaban J connectivity index is 2.15. The number of hydrogen-bond donors (Lipinski definition) is 0. The number of hydrogen-bond acceptors (Lipinski definition) is 3. The first kappa shape index (κ1) is 16.4. The van der Waals surface area contributed by atoms with Gasteiger partial charge in [0.25, 0.3) is 5.91 Å². The molecule has 120 valence electrons. The Labute approximate surface area is 128 Å². The Kier molecular flexibility index (Phi) is 5.11. The van der Waals surface area contributed by atoms with Crippen LogP contribution in [0.1, 0.15) is 37.0 Å². The standard InChI is InChI=1S/C16H19F2NO3/c1-3-22-16(21)10(2)9-19(12-5-6-12)15(20)13-8-11(17)4-7-14(13)18/h4,7-8,10,12H,3,5-6,9H2,1-2H3. The van der Waals surface area contributed by atoms with E-state index in [2.05, 4.69) is 0 Å². The molecular formula is C16H19F2NO3. The second-order valence-corrected chi connectivity index (χ2v) is 5.47. The molecule has 1 aliphatic rings. The van der Waals surface area contributed by atoms with E-state index < -0.39 is 29.4 Å². The molecule has 0 N–H and O–H groups in total. The van der Waals surface area contributed by atoms with Crippen molar-refractivity contribution in [3.8, 4) is 0 Å². The van der Waals surface area contributed by atoms with Crippen molar-refractivity contribution in [2.75, 3.05) is 13.2 Å². The Hall–Kier alpha value is -1.98. The zero-order valence-corrected chi connectivity index (χ0v) is 12.6. The van der Waals surface area contributed by atoms with E-state index in [1.165, 1.54) is 4.90 Å². The molecule has 0 bridgehead atoms. The summed E-state index contributed by atoms with van der Waals surface area (Å²) in [5.74, 6) is -2.93. The highest BCUT2D eigenvalue weighted by Crippen LogP contribution is 2.29. The molecule has 22 heavy (non-hydrogen) atoms. The Bertz CT molecular complexity index is 573. The summed E-state index contributed by atoms with van der Waals surface area (Å²) in [6.07, 6.45) is 1.61. The minimum Gasteiger partial charge on any atom is -0.466 e. The number of esters is 1. The zero-order valence-electron chi connectivity index (χ0n) is 12.6. The average Bonchev–Trinajstić information content (AvgIpc) is 3.31. The quantitative estimate of drug-likeness (QED) is 0.759. The van der Waals surface area contributed by atoms with Gasteiger partial charge in [0.1, 0.15) is 11.6 Å². The third-order valence-electron chi connectivity index (χ3n) is 3.57. The van der Waals surface area contributed by atoms with Crippen molar-refractivity contribution in [3.63, 3.8) is 0 Å². The van der Waals surface area contributed by atoms with Crippen molar-refractivity contribution in [3.05, 3.63) is 35.4 Å². The Morgan fingerprint density at radius 3 is 2.64 bits per heavy atom. The number of nitrogens with zero attached hydrogens (tertiary/aromatic N) is 1. The van der Waals surface area contributed by atoms with Gasteiger partial charge in [0.2, 0.25) is 0 Å². The van der Waals surface area contributed by atoms with Gasteiger partial charge in [-0.25, -0.2) is 8.78 Å². The van der Waals surface area contributed by atoms with Gasteiger partial charge in [0.15, 0.2) is 0 Å². The highest BCUT2D eigenvalue weighted by atomic mass is 19.1. The molecule has 0 aromatic heterocycles. The minimum absolute atomic E-state index is 0.0213. The van der Waals surface area contributed by atoms with Crippen LogP contribution < -0.4 is 0 Å². The van der Waals surface area contributed by atoms with Crippen molar-refractivity contribution in [1.82, 2.24) is 4.90 Å². The van der Waals surface area contributed by atoms with E-state index >= 15 is 0 Å². The molecule has 0 aliphatic heterocycles. The molecule has 1 fully saturated rings. The fourth-order valence-electron chi connectivity index (χ4n) is 2.25. The Morgan fingerprint density at radius 2 is 2.05 bits per heavy atom. The predicted octanol–water partition coefficient (Wildman–Crippen LogP) is 2.77. The van der Waals surface area contributed by atoms with Gasteiger partial charge in [-0.2, -0.15) is 0 Å². The molecule has 0 radical (unpaired) electrons. The van der Waals surface area contributed by atoms with Crippen LogP contribution in [-0.4, -0.2) is 36.0 Å². The number of carbonyl (C=O) groups is 2. The van der Waals surface area contributed by atoms with Crippen molar-refractivity contribution < 1.29 is 23.1 Å². The third-order valence-corrected chi connectivity index (χ3v) is 3.57. The molecule has 1 amide bonds. The number of rotatable bonds is 6. The fraction of sp³-hybridized carbons (Fsp3) is 0.500. The maximum atomic E-state index is 13.8. The van der Waals surface area contributed by atoms with Gasteiger partial charge in [-0.3, -0.25) is 9.59 Å². The molecule has 1 aromatic rings. The van der Waals surface area contributed by atoms with Gasteiger partial charge in [0.05, 0.1) is 18.1 Å². The first-order valence-corrected chi connectivity index (χ1v) is 7.36. The summed E-state index contributed by atoms with van der Waals surface area (Å²) in [6, 6.07) is 2.77. The zero-order chi connectivity index (χ0) is 16.3. The van der Waals surface area contributed by atoms with E-state index in [9.17, 15) is 18.4 Å². The fourth-order valence-corrected chi connectivity index (χ4v) is 2.25. The van der Waals surface area contributed by atoms with E-state index in [4.69, 9.17) is 4.74 Å². The maximum Gasteiger partial charge on any atom is 0.310 e. The number of halogens is 2. The van der Waals surface area contributed by atoms with Crippen LogP contribution in [0.5, 0.6) is 0 Å². The van der Waals surface area contributed by atoms with Gasteiger partial charge in [-0.15, -0.1) is 0 Å². The topological polar surface area (TPSA) is 46.6 Å². The lowest BCUT2D eigenvalue weighted by molar-refractivity contribution is -0.147. The molecular weight excluding hydrogens is 292 g/mol. The summed E-state index contributed by atoms with van der Waals surface area (Å²) in [5, 5.41) is 0. The van der Waals surface area contributed by atoms with Crippen molar-refractivity contribution >= 4 is 11.9 Å². The first-order chi connectivity index (χ1) is 10.4. The van der Waals surface area contributed by atoms with Crippen LogP contribution in [0.2, 0.25) is 0 Å². The van der Waals surface area contributed by atoms with Crippen molar-refractivity contribution in [1.29, 1.82) is 0 Å². The molecule has 4 nitrogen and oxygen atoms in total. The number of amides is 1. The van der Waals surface area contributed by atoms with Crippen LogP contribution in [-0.2, 0) is 9.53 Å². The molecule has 1 atom stereocenters. The van der Waals surface area contributed by atoms with E-state index in [0.29, 0.717) is 0 Å². The molecule has 0 heterocycles. The van der Waals surface area contributed by atoms with Crippen LogP contribution in [0.3, 0.4) is 0 Å². The second kappa shape index (κ2) is 6.85. The van der Waals surface area contributed by atoms with Gasteiger partial charge in [-0.05, 0) is 38.0 Å². The van der Waals surface area contributed by atoms with E-state index in [1.807, 2.05) is 0 Å². The molecule has 0 saturated heterocycles. The van der Waals surface area contributed by atoms with Crippen LogP contribution in [0.25, 0.3) is 0 Å². The Morgan fingerprint density at radius 1 is 1.36 bits per heavy atom. The molecule has 1 unspecified atom stereocenters. The normalized spacial score (nSPS) is 15.3. The molecule has 1 aromatic carbocycles. The third kappa shape index (κ3) is 3.81. The lowest BCUT2D eigenvalue weighted by Crippen LogP contribution is -2.39. The molecule has 6 heteroatoms. The highest BCUT2D eigenvalue weighted by molar-refractivity contribution is 5.95. The van der Waals surface area contributed by atoms with E-state index in [-0.39, 0.29) is 24.8 Å². The number of ether oxygens (including phenoxy) is 1. The SMILES string of the molecule is CCOC(=O)C(C)CN(C(=O)c1cc(F)ccc1F)C1CC1. The molecule has 0 spiro atoms. The lowest BCUT2D eigenvalue weighted by atomic mass is 10.1. The summed E-state index contributed by atoms with van der Waals surface area (Å²) in [5.41, 5.74) is -0.303. The molecule has 2 rings (SSSR count). The average molecular weight is 311 g/mol. The maximum absolute atomic E-state index is 13.8. The summed E-state index contributed by atoms with van der Waals surface area (Å²) in [7, 11) is 0. The van der Waals surface area contributed by atoms with Crippen LogP contribution in [0.15, 0.2) is 18.2 Å². The van der Waals surface area contributed by atoms with E-state index in [1.54, 1.807) is 13.8 Å².